The first-order valence-electron chi connectivity index (χ1n) is 5.47. The molecular weight excluding hydrogens is 282 g/mol. The van der Waals surface area contributed by atoms with E-state index in [2.05, 4.69) is 0 Å². The van der Waals surface area contributed by atoms with Crippen molar-refractivity contribution < 1.29 is 23.9 Å². The van der Waals surface area contributed by atoms with Gasteiger partial charge >= 0.3 is 5.69 Å². The van der Waals surface area contributed by atoms with Gasteiger partial charge in [0.1, 0.15) is 0 Å². The Balaban J connectivity index is 3.15. The maximum Gasteiger partial charge on any atom is 0.304 e. The van der Waals surface area contributed by atoms with Crippen molar-refractivity contribution >= 4 is 22.0 Å². The molecule has 0 aliphatic heterocycles. The zero-order valence-corrected chi connectivity index (χ0v) is 10.9. The molecule has 0 aliphatic carbocycles. The highest BCUT2D eigenvalue weighted by Gasteiger charge is 2.26. The first-order chi connectivity index (χ1) is 8.86. The Morgan fingerprint density at radius 3 is 2.63 bits per heavy atom. The van der Waals surface area contributed by atoms with Crippen molar-refractivity contribution in [1.82, 2.24) is 0 Å². The lowest BCUT2D eigenvalue weighted by Crippen LogP contribution is -2.31. The third-order valence-electron chi connectivity index (χ3n) is 2.34. The quantitative estimate of drug-likeness (QED) is 0.591. The standard InChI is InChI=1S/C10H14F2N2O4S/c1-6(16)8-4-7(14(17)18)10(19-8)13(2-3-15)5-9(11)12/h4,6,9,15-16H,2-3,5H2,1H3/t6-/m1/s1. The van der Waals surface area contributed by atoms with Gasteiger partial charge < -0.3 is 15.1 Å². The van der Waals surface area contributed by atoms with Crippen LogP contribution in [0, 0.1) is 10.1 Å². The number of thiophene rings is 1. The molecule has 1 aromatic rings. The molecule has 2 N–H and O–H groups in total. The lowest BCUT2D eigenvalue weighted by molar-refractivity contribution is -0.383. The van der Waals surface area contributed by atoms with E-state index < -0.39 is 30.6 Å². The molecule has 108 valence electrons. The summed E-state index contributed by atoms with van der Waals surface area (Å²) in [6.07, 6.45) is -3.59. The minimum atomic E-state index is -2.68. The molecule has 0 bridgehead atoms. The van der Waals surface area contributed by atoms with Gasteiger partial charge in [0.15, 0.2) is 5.00 Å². The number of anilines is 1. The van der Waals surface area contributed by atoms with E-state index in [1.807, 2.05) is 0 Å². The molecule has 0 saturated heterocycles. The molecule has 1 atom stereocenters. The second-order valence-electron chi connectivity index (χ2n) is 3.83. The number of hydrogen-bond donors (Lipinski definition) is 2. The van der Waals surface area contributed by atoms with Crippen LogP contribution >= 0.6 is 11.3 Å². The number of aliphatic hydroxyl groups excluding tert-OH is 2. The van der Waals surface area contributed by atoms with Crippen molar-refractivity contribution in [3.8, 4) is 0 Å². The maximum atomic E-state index is 12.5. The molecule has 6 nitrogen and oxygen atoms in total. The number of rotatable bonds is 7. The molecule has 0 unspecified atom stereocenters. The number of hydrogen-bond acceptors (Lipinski definition) is 6. The lowest BCUT2D eigenvalue weighted by atomic mass is 10.3. The molecule has 0 saturated carbocycles. The fourth-order valence-electron chi connectivity index (χ4n) is 1.52. The molecule has 0 radical (unpaired) electrons. The van der Waals surface area contributed by atoms with Crippen LogP contribution in [0.5, 0.6) is 0 Å². The Hall–Kier alpha value is -1.32. The van der Waals surface area contributed by atoms with Crippen LogP contribution in [-0.2, 0) is 0 Å². The number of nitro groups is 1. The van der Waals surface area contributed by atoms with Gasteiger partial charge in [-0.3, -0.25) is 10.1 Å². The number of nitrogens with zero attached hydrogens (tertiary/aromatic N) is 2. The molecule has 1 aromatic heterocycles. The highest BCUT2D eigenvalue weighted by atomic mass is 32.1. The third kappa shape index (κ3) is 4.08. The van der Waals surface area contributed by atoms with Gasteiger partial charge in [-0.1, -0.05) is 0 Å². The van der Waals surface area contributed by atoms with Crippen LogP contribution in [-0.4, -0.2) is 41.3 Å². The summed E-state index contributed by atoms with van der Waals surface area (Å²) in [5.41, 5.74) is -0.338. The second kappa shape index (κ2) is 6.73. The van der Waals surface area contributed by atoms with Crippen molar-refractivity contribution in [2.24, 2.45) is 0 Å². The molecule has 0 spiro atoms. The van der Waals surface area contributed by atoms with Gasteiger partial charge in [-0.25, -0.2) is 8.78 Å². The Bertz CT molecular complexity index is 439. The predicted molar refractivity (Wildman–Crippen MR) is 66.9 cm³/mol. The van der Waals surface area contributed by atoms with E-state index >= 15 is 0 Å². The van der Waals surface area contributed by atoms with Gasteiger partial charge in [-0.2, -0.15) is 0 Å². The zero-order chi connectivity index (χ0) is 14.6. The van der Waals surface area contributed by atoms with Gasteiger partial charge in [0, 0.05) is 17.5 Å². The molecule has 0 amide bonds. The molecule has 1 rings (SSSR count). The van der Waals surface area contributed by atoms with Crippen molar-refractivity contribution in [3.63, 3.8) is 0 Å². The Morgan fingerprint density at radius 1 is 1.58 bits per heavy atom. The fraction of sp³-hybridized carbons (Fsp3) is 0.600. The van der Waals surface area contributed by atoms with Crippen LogP contribution < -0.4 is 4.90 Å². The Labute approximate surface area is 112 Å². The van der Waals surface area contributed by atoms with Gasteiger partial charge in [0.05, 0.1) is 24.2 Å². The first-order valence-corrected chi connectivity index (χ1v) is 6.28. The smallest absolute Gasteiger partial charge is 0.304 e. The van der Waals surface area contributed by atoms with Crippen LogP contribution in [0.25, 0.3) is 0 Å². The topological polar surface area (TPSA) is 86.8 Å². The summed E-state index contributed by atoms with van der Waals surface area (Å²) < 4.78 is 24.9. The van der Waals surface area contributed by atoms with E-state index in [9.17, 15) is 24.0 Å². The molecule has 0 fully saturated rings. The Morgan fingerprint density at radius 2 is 2.21 bits per heavy atom. The predicted octanol–water partition coefficient (Wildman–Crippen LogP) is 1.77. The van der Waals surface area contributed by atoms with Crippen molar-refractivity contribution in [2.75, 3.05) is 24.6 Å². The summed E-state index contributed by atoms with van der Waals surface area (Å²) in [4.78, 5) is 11.6. The molecule has 9 heteroatoms. The monoisotopic (exact) mass is 296 g/mol. The Kier molecular flexibility index (Phi) is 5.58. The van der Waals surface area contributed by atoms with E-state index in [1.165, 1.54) is 13.0 Å². The van der Waals surface area contributed by atoms with Crippen LogP contribution in [0.3, 0.4) is 0 Å². The lowest BCUT2D eigenvalue weighted by Gasteiger charge is -2.20. The van der Waals surface area contributed by atoms with E-state index in [4.69, 9.17) is 5.11 Å². The molecule has 0 aliphatic rings. The molecular formula is C10H14F2N2O4S. The van der Waals surface area contributed by atoms with Crippen molar-refractivity contribution in [1.29, 1.82) is 0 Å². The zero-order valence-electron chi connectivity index (χ0n) is 10.1. The van der Waals surface area contributed by atoms with Gasteiger partial charge in [0.2, 0.25) is 0 Å². The van der Waals surface area contributed by atoms with E-state index in [0.717, 1.165) is 16.2 Å². The second-order valence-corrected chi connectivity index (χ2v) is 4.90. The average Bonchev–Trinajstić information content (AvgIpc) is 2.72. The largest absolute Gasteiger partial charge is 0.395 e. The number of aliphatic hydroxyl groups is 2. The summed E-state index contributed by atoms with van der Waals surface area (Å²) in [6, 6.07) is 1.17. The fourth-order valence-corrected chi connectivity index (χ4v) is 2.61. The van der Waals surface area contributed by atoms with Gasteiger partial charge in [0.25, 0.3) is 6.43 Å². The van der Waals surface area contributed by atoms with Crippen LogP contribution in [0.1, 0.15) is 17.9 Å². The van der Waals surface area contributed by atoms with E-state index in [1.54, 1.807) is 0 Å². The highest BCUT2D eigenvalue weighted by molar-refractivity contribution is 7.16. The van der Waals surface area contributed by atoms with Crippen LogP contribution in [0.4, 0.5) is 19.5 Å². The van der Waals surface area contributed by atoms with E-state index in [-0.39, 0.29) is 17.2 Å². The highest BCUT2D eigenvalue weighted by Crippen LogP contribution is 2.40. The minimum absolute atomic E-state index is 0.0234. The molecule has 19 heavy (non-hydrogen) atoms. The van der Waals surface area contributed by atoms with Crippen molar-refractivity contribution in [3.05, 3.63) is 21.1 Å². The molecule has 1 heterocycles. The minimum Gasteiger partial charge on any atom is -0.395 e. The van der Waals surface area contributed by atoms with Crippen LogP contribution in [0.2, 0.25) is 0 Å². The average molecular weight is 296 g/mol. The van der Waals surface area contributed by atoms with E-state index in [0.29, 0.717) is 4.88 Å². The molecule has 0 aromatic carbocycles. The normalized spacial score (nSPS) is 12.7. The van der Waals surface area contributed by atoms with Gasteiger partial charge in [-0.05, 0) is 6.92 Å². The van der Waals surface area contributed by atoms with Gasteiger partial charge in [-0.15, -0.1) is 11.3 Å². The SMILES string of the molecule is C[C@@H](O)c1cc([N+](=O)[O-])c(N(CCO)CC(F)F)s1. The van der Waals surface area contributed by atoms with Crippen LogP contribution in [0.15, 0.2) is 6.07 Å². The summed E-state index contributed by atoms with van der Waals surface area (Å²) >= 11 is 0.876. The summed E-state index contributed by atoms with van der Waals surface area (Å²) in [5, 5.41) is 29.2. The first kappa shape index (κ1) is 15.7. The maximum absolute atomic E-state index is 12.5. The number of halogens is 2. The summed E-state index contributed by atoms with van der Waals surface area (Å²) in [7, 11) is 0. The summed E-state index contributed by atoms with van der Waals surface area (Å²) in [6.45, 7) is 0.195. The third-order valence-corrected chi connectivity index (χ3v) is 3.69. The van der Waals surface area contributed by atoms with Crippen molar-refractivity contribution in [2.45, 2.75) is 19.5 Å². The number of alkyl halides is 2. The summed E-state index contributed by atoms with van der Waals surface area (Å²) in [5.74, 6) is 0.